The maximum Gasteiger partial charge on any atom is 0.253 e. The van der Waals surface area contributed by atoms with Crippen LogP contribution in [0, 0.1) is 0 Å². The number of amides is 1. The summed E-state index contributed by atoms with van der Waals surface area (Å²) in [7, 11) is 0. The number of nitrogens with zero attached hydrogens (tertiary/aromatic N) is 1. The molecule has 0 saturated carbocycles. The predicted octanol–water partition coefficient (Wildman–Crippen LogP) is 1.67. The lowest BCUT2D eigenvalue weighted by atomic mass is 10.1. The second kappa shape index (κ2) is 5.87. The number of nitrogens with two attached hydrogens (primary N) is 1. The van der Waals surface area contributed by atoms with Crippen molar-refractivity contribution in [1.82, 2.24) is 4.90 Å². The highest BCUT2D eigenvalue weighted by Gasteiger charge is 2.21. The number of halogens is 1. The summed E-state index contributed by atoms with van der Waals surface area (Å²) in [6.07, 6.45) is 2.04. The van der Waals surface area contributed by atoms with Gasteiger partial charge in [0, 0.05) is 24.7 Å². The number of hydrogen-bond donors (Lipinski definition) is 1. The molecule has 0 spiro atoms. The van der Waals surface area contributed by atoms with Crippen molar-refractivity contribution in [3.63, 3.8) is 0 Å². The van der Waals surface area contributed by atoms with Crippen LogP contribution in [0.5, 0.6) is 0 Å². The highest BCUT2D eigenvalue weighted by molar-refractivity contribution is 5.94. The van der Waals surface area contributed by atoms with Crippen molar-refractivity contribution in [2.24, 2.45) is 5.73 Å². The minimum atomic E-state index is 0. The van der Waals surface area contributed by atoms with Crippen molar-refractivity contribution in [2.75, 3.05) is 13.1 Å². The highest BCUT2D eigenvalue weighted by atomic mass is 35.5. The Labute approximate surface area is 102 Å². The normalized spacial score (nSPS) is 20.1. The van der Waals surface area contributed by atoms with Gasteiger partial charge in [-0.15, -0.1) is 12.4 Å². The lowest BCUT2D eigenvalue weighted by Gasteiger charge is -2.30. The summed E-state index contributed by atoms with van der Waals surface area (Å²) < 4.78 is 0. The molecule has 1 saturated heterocycles. The van der Waals surface area contributed by atoms with E-state index >= 15 is 0 Å². The Bertz CT molecular complexity index is 342. The van der Waals surface area contributed by atoms with Gasteiger partial charge in [-0.3, -0.25) is 4.79 Å². The largest absolute Gasteiger partial charge is 0.337 e. The van der Waals surface area contributed by atoms with Gasteiger partial charge in [-0.1, -0.05) is 18.2 Å². The van der Waals surface area contributed by atoms with Gasteiger partial charge in [-0.25, -0.2) is 0 Å². The number of carbonyl (C=O) groups excluding carboxylic acids is 1. The summed E-state index contributed by atoms with van der Waals surface area (Å²) in [4.78, 5) is 13.9. The van der Waals surface area contributed by atoms with Gasteiger partial charge in [0.05, 0.1) is 0 Å². The fraction of sp³-hybridized carbons (Fsp3) is 0.417. The van der Waals surface area contributed by atoms with Gasteiger partial charge in [0.2, 0.25) is 0 Å². The lowest BCUT2D eigenvalue weighted by Crippen LogP contribution is -2.45. The van der Waals surface area contributed by atoms with Crippen LogP contribution in [0.15, 0.2) is 30.3 Å². The van der Waals surface area contributed by atoms with Gasteiger partial charge >= 0.3 is 0 Å². The van der Waals surface area contributed by atoms with Crippen molar-refractivity contribution >= 4 is 18.3 Å². The van der Waals surface area contributed by atoms with E-state index in [0.717, 1.165) is 24.9 Å². The third kappa shape index (κ3) is 2.97. The van der Waals surface area contributed by atoms with Crippen LogP contribution in [0.25, 0.3) is 0 Å². The molecule has 2 N–H and O–H groups in total. The maximum atomic E-state index is 12.0. The van der Waals surface area contributed by atoms with Crippen molar-refractivity contribution in [3.8, 4) is 0 Å². The molecule has 16 heavy (non-hydrogen) atoms. The first kappa shape index (κ1) is 13.0. The summed E-state index contributed by atoms with van der Waals surface area (Å²) in [5, 5.41) is 0. The van der Waals surface area contributed by atoms with Crippen molar-refractivity contribution < 1.29 is 4.79 Å². The summed E-state index contributed by atoms with van der Waals surface area (Å²) in [5.41, 5.74) is 6.60. The van der Waals surface area contributed by atoms with Crippen LogP contribution in [-0.4, -0.2) is 29.9 Å². The van der Waals surface area contributed by atoms with E-state index < -0.39 is 0 Å². The first-order valence-corrected chi connectivity index (χ1v) is 5.37. The molecule has 1 aliphatic rings. The van der Waals surface area contributed by atoms with Crippen molar-refractivity contribution in [2.45, 2.75) is 18.9 Å². The SMILES string of the molecule is Cl.NC1CCCN(C(=O)c2ccccc2)C1. The maximum absolute atomic E-state index is 12.0. The molecule has 1 amide bonds. The molecule has 0 radical (unpaired) electrons. The zero-order chi connectivity index (χ0) is 10.7. The molecule has 3 nitrogen and oxygen atoms in total. The molecule has 1 heterocycles. The summed E-state index contributed by atoms with van der Waals surface area (Å²) in [6.45, 7) is 1.52. The Morgan fingerprint density at radius 1 is 1.31 bits per heavy atom. The van der Waals surface area contributed by atoms with Crippen LogP contribution in [0.4, 0.5) is 0 Å². The van der Waals surface area contributed by atoms with E-state index in [2.05, 4.69) is 0 Å². The minimum Gasteiger partial charge on any atom is -0.337 e. The number of benzene rings is 1. The fourth-order valence-electron chi connectivity index (χ4n) is 1.96. The second-order valence-corrected chi connectivity index (χ2v) is 4.02. The Morgan fingerprint density at radius 3 is 2.62 bits per heavy atom. The molecule has 1 aliphatic heterocycles. The molecule has 0 aliphatic carbocycles. The molecule has 88 valence electrons. The first-order valence-electron chi connectivity index (χ1n) is 5.37. The third-order valence-corrected chi connectivity index (χ3v) is 2.77. The van der Waals surface area contributed by atoms with Gasteiger partial charge < -0.3 is 10.6 Å². The Morgan fingerprint density at radius 2 is 2.00 bits per heavy atom. The van der Waals surface area contributed by atoms with Crippen LogP contribution in [0.2, 0.25) is 0 Å². The van der Waals surface area contributed by atoms with Crippen LogP contribution in [0.3, 0.4) is 0 Å². The molecule has 0 aromatic heterocycles. The van der Waals surface area contributed by atoms with Gasteiger partial charge in [0.1, 0.15) is 0 Å². The molecule has 2 rings (SSSR count). The van der Waals surface area contributed by atoms with Crippen LogP contribution in [-0.2, 0) is 0 Å². The number of rotatable bonds is 1. The molecule has 1 fully saturated rings. The van der Waals surface area contributed by atoms with Crippen molar-refractivity contribution in [3.05, 3.63) is 35.9 Å². The van der Waals surface area contributed by atoms with Gasteiger partial charge in [-0.05, 0) is 25.0 Å². The van der Waals surface area contributed by atoms with Crippen LogP contribution < -0.4 is 5.73 Å². The minimum absolute atomic E-state index is 0. The molecule has 4 heteroatoms. The first-order chi connectivity index (χ1) is 7.27. The Hall–Kier alpha value is -1.06. The average molecular weight is 241 g/mol. The average Bonchev–Trinajstić information content (AvgIpc) is 2.29. The Balaban J connectivity index is 0.00000128. The molecule has 0 bridgehead atoms. The summed E-state index contributed by atoms with van der Waals surface area (Å²) >= 11 is 0. The van der Waals surface area contributed by atoms with E-state index in [1.165, 1.54) is 0 Å². The molecule has 1 atom stereocenters. The highest BCUT2D eigenvalue weighted by Crippen LogP contribution is 2.12. The smallest absolute Gasteiger partial charge is 0.253 e. The molecule has 1 aromatic rings. The number of carbonyl (C=O) groups is 1. The van der Waals surface area contributed by atoms with E-state index in [4.69, 9.17) is 5.73 Å². The number of piperidine rings is 1. The zero-order valence-electron chi connectivity index (χ0n) is 9.13. The second-order valence-electron chi connectivity index (χ2n) is 4.02. The van der Waals surface area contributed by atoms with Gasteiger partial charge in [-0.2, -0.15) is 0 Å². The van der Waals surface area contributed by atoms with E-state index in [1.807, 2.05) is 35.2 Å². The molecule has 1 aromatic carbocycles. The van der Waals surface area contributed by atoms with Crippen LogP contribution in [0.1, 0.15) is 23.2 Å². The molecule has 1 unspecified atom stereocenters. The monoisotopic (exact) mass is 240 g/mol. The number of likely N-dealkylation sites (tertiary alicyclic amines) is 1. The lowest BCUT2D eigenvalue weighted by molar-refractivity contribution is 0.0709. The predicted molar refractivity (Wildman–Crippen MR) is 66.8 cm³/mol. The van der Waals surface area contributed by atoms with E-state index in [-0.39, 0.29) is 24.4 Å². The fourth-order valence-corrected chi connectivity index (χ4v) is 1.96. The third-order valence-electron chi connectivity index (χ3n) is 2.77. The number of hydrogen-bond acceptors (Lipinski definition) is 2. The van der Waals surface area contributed by atoms with E-state index in [1.54, 1.807) is 0 Å². The zero-order valence-corrected chi connectivity index (χ0v) is 9.95. The Kier molecular flexibility index (Phi) is 4.77. The quantitative estimate of drug-likeness (QED) is 0.812. The standard InChI is InChI=1S/C12H16N2O.ClH/c13-11-7-4-8-14(9-11)12(15)10-5-2-1-3-6-10;/h1-3,5-6,11H,4,7-9,13H2;1H. The van der Waals surface area contributed by atoms with E-state index in [9.17, 15) is 4.79 Å². The van der Waals surface area contributed by atoms with Gasteiger partial charge in [0.25, 0.3) is 5.91 Å². The van der Waals surface area contributed by atoms with Crippen LogP contribution >= 0.6 is 12.4 Å². The molecular formula is C12H17ClN2O. The van der Waals surface area contributed by atoms with E-state index in [0.29, 0.717) is 6.54 Å². The topological polar surface area (TPSA) is 46.3 Å². The van der Waals surface area contributed by atoms with Gasteiger partial charge in [0.15, 0.2) is 0 Å². The summed E-state index contributed by atoms with van der Waals surface area (Å²) in [6, 6.07) is 9.53. The van der Waals surface area contributed by atoms with Crippen molar-refractivity contribution in [1.29, 1.82) is 0 Å². The molecular weight excluding hydrogens is 224 g/mol. The summed E-state index contributed by atoms with van der Waals surface area (Å²) in [5.74, 6) is 0.103.